The Balaban J connectivity index is 0.00000144. The predicted molar refractivity (Wildman–Crippen MR) is 57.6 cm³/mol. The van der Waals surface area contributed by atoms with Gasteiger partial charge in [0, 0.05) is 12.2 Å². The van der Waals surface area contributed by atoms with Crippen LogP contribution in [0.25, 0.3) is 0 Å². The van der Waals surface area contributed by atoms with E-state index in [1.54, 1.807) is 0 Å². The van der Waals surface area contributed by atoms with Gasteiger partial charge in [0.2, 0.25) is 0 Å². The van der Waals surface area contributed by atoms with Gasteiger partial charge in [-0.2, -0.15) is 0 Å². The minimum absolute atomic E-state index is 0. The van der Waals surface area contributed by atoms with Gasteiger partial charge in [0.25, 0.3) is 0 Å². The number of hydrogen-bond acceptors (Lipinski definition) is 2. The summed E-state index contributed by atoms with van der Waals surface area (Å²) in [5.74, 6) is 0. The van der Waals surface area contributed by atoms with Crippen LogP contribution in [0.4, 0.5) is 12.9 Å². The fraction of sp³-hybridized carbons (Fsp3) is 0.500. The smallest absolute Gasteiger partial charge is 0.445 e. The molecule has 1 fully saturated rings. The molecule has 0 N–H and O–H groups in total. The first kappa shape index (κ1) is 15.7. The maximum atomic E-state index is 12.6. The summed E-state index contributed by atoms with van der Waals surface area (Å²) in [6, 6.07) is 1.32. The van der Waals surface area contributed by atoms with E-state index in [4.69, 9.17) is 0 Å². The van der Waals surface area contributed by atoms with Crippen LogP contribution in [-0.2, 0) is 0 Å². The molecule has 7 heteroatoms. The zero-order chi connectivity index (χ0) is 11.8. The Kier molecular flexibility index (Phi) is 5.68. The van der Waals surface area contributed by atoms with Crippen LogP contribution in [0.5, 0.6) is 0 Å². The van der Waals surface area contributed by atoms with Crippen molar-refractivity contribution in [3.8, 4) is 0 Å². The molecule has 1 aromatic rings. The Morgan fingerprint density at radius 1 is 1.35 bits per heavy atom. The van der Waals surface area contributed by atoms with Gasteiger partial charge >= 0.3 is 58.4 Å². The third-order valence-corrected chi connectivity index (χ3v) is 3.06. The Hall–Kier alpha value is 0.601. The van der Waals surface area contributed by atoms with Crippen LogP contribution in [-0.4, -0.2) is 30.5 Å². The number of hydrogen-bond donors (Lipinski definition) is 0. The van der Waals surface area contributed by atoms with E-state index in [1.165, 1.54) is 12.3 Å². The van der Waals surface area contributed by atoms with E-state index in [9.17, 15) is 12.9 Å². The Labute approximate surface area is 141 Å². The summed E-state index contributed by atoms with van der Waals surface area (Å²) >= 11 is 0. The zero-order valence-corrected chi connectivity index (χ0v) is 13.2. The molecule has 0 saturated carbocycles. The summed E-state index contributed by atoms with van der Waals surface area (Å²) in [7, 11) is 1.93. The molecule has 2 nitrogen and oxygen atoms in total. The van der Waals surface area contributed by atoms with E-state index in [0.29, 0.717) is 5.56 Å². The molecule has 2 heterocycles. The van der Waals surface area contributed by atoms with Crippen molar-refractivity contribution in [2.75, 3.05) is 13.6 Å². The second kappa shape index (κ2) is 6.17. The second-order valence-corrected chi connectivity index (χ2v) is 4.27. The molecule has 1 aliphatic rings. The van der Waals surface area contributed by atoms with Crippen LogP contribution < -0.4 is 56.8 Å². The fourth-order valence-corrected chi connectivity index (χ4v) is 2.17. The summed E-state index contributed by atoms with van der Waals surface area (Å²) in [6.07, 6.45) is 4.38. The van der Waals surface area contributed by atoms with Crippen molar-refractivity contribution < 1.29 is 64.3 Å². The number of halogens is 3. The summed E-state index contributed by atoms with van der Waals surface area (Å²) in [4.78, 5) is 5.77. The SMILES string of the molecule is CN1CCC[C@H]1c1cncc([B-](F)(F)F)c1.[K+]. The standard InChI is InChI=1S/C10H13BF3N2.K/c1-16-4-2-3-10(16)8-5-9(7-15-6-8)11(12,13)14;/h5-7,10H,2-4H2,1H3;/q-1;+1/t10-;/m0./s1. The van der Waals surface area contributed by atoms with Crippen LogP contribution in [0, 0.1) is 0 Å². The minimum Gasteiger partial charge on any atom is -0.445 e. The van der Waals surface area contributed by atoms with E-state index >= 15 is 0 Å². The van der Waals surface area contributed by atoms with Crippen LogP contribution in [0.3, 0.4) is 0 Å². The molecule has 0 aromatic carbocycles. The summed E-state index contributed by atoms with van der Waals surface area (Å²) in [5.41, 5.74) is 0.0782. The molecule has 2 rings (SSSR count). The molecule has 0 amide bonds. The van der Waals surface area contributed by atoms with Crippen molar-refractivity contribution >= 4 is 12.4 Å². The van der Waals surface area contributed by atoms with Crippen LogP contribution in [0.2, 0.25) is 0 Å². The quantitative estimate of drug-likeness (QED) is 0.633. The number of pyridine rings is 1. The third-order valence-electron chi connectivity index (χ3n) is 3.06. The van der Waals surface area contributed by atoms with E-state index in [0.717, 1.165) is 25.6 Å². The van der Waals surface area contributed by atoms with Crippen LogP contribution in [0.1, 0.15) is 24.4 Å². The number of rotatable bonds is 2. The number of aromatic nitrogens is 1. The molecule has 1 aromatic heterocycles. The second-order valence-electron chi connectivity index (χ2n) is 4.27. The average Bonchev–Trinajstić information content (AvgIpc) is 2.63. The number of nitrogens with zero attached hydrogens (tertiary/aromatic N) is 2. The van der Waals surface area contributed by atoms with Crippen molar-refractivity contribution in [1.29, 1.82) is 0 Å². The number of likely N-dealkylation sites (tertiary alicyclic amines) is 1. The van der Waals surface area contributed by atoms with Crippen molar-refractivity contribution in [1.82, 2.24) is 9.88 Å². The third kappa shape index (κ3) is 3.78. The largest absolute Gasteiger partial charge is 1.00 e. The monoisotopic (exact) mass is 268 g/mol. The first-order valence-electron chi connectivity index (χ1n) is 5.33. The van der Waals surface area contributed by atoms with Crippen molar-refractivity contribution in [2.45, 2.75) is 18.9 Å². The van der Waals surface area contributed by atoms with Crippen LogP contribution >= 0.6 is 0 Å². The molecule has 1 saturated heterocycles. The Bertz CT molecular complexity index is 386. The van der Waals surface area contributed by atoms with Crippen molar-refractivity contribution in [3.05, 3.63) is 24.0 Å². The van der Waals surface area contributed by atoms with Gasteiger partial charge in [-0.3, -0.25) is 9.88 Å². The van der Waals surface area contributed by atoms with Gasteiger partial charge < -0.3 is 12.9 Å². The van der Waals surface area contributed by atoms with Crippen molar-refractivity contribution in [2.24, 2.45) is 0 Å². The Morgan fingerprint density at radius 2 is 2.06 bits per heavy atom. The minimum atomic E-state index is -4.94. The molecular formula is C10H13BF3KN2. The normalized spacial score (nSPS) is 21.3. The first-order valence-corrected chi connectivity index (χ1v) is 5.33. The molecule has 1 atom stereocenters. The molecule has 0 bridgehead atoms. The van der Waals surface area contributed by atoms with Gasteiger partial charge in [-0.05, 0) is 38.2 Å². The molecule has 88 valence electrons. The fourth-order valence-electron chi connectivity index (χ4n) is 2.17. The van der Waals surface area contributed by atoms with Gasteiger partial charge in [-0.1, -0.05) is 11.5 Å². The summed E-state index contributed by atoms with van der Waals surface area (Å²) < 4.78 is 37.7. The topological polar surface area (TPSA) is 16.1 Å². The van der Waals surface area contributed by atoms with Gasteiger partial charge in [0.1, 0.15) is 0 Å². The maximum absolute atomic E-state index is 12.6. The maximum Gasteiger partial charge on any atom is 1.00 e. The molecule has 0 spiro atoms. The van der Waals surface area contributed by atoms with E-state index in [2.05, 4.69) is 9.88 Å². The first-order chi connectivity index (χ1) is 7.48. The summed E-state index contributed by atoms with van der Waals surface area (Å²) in [5, 5.41) is 0. The van der Waals surface area contributed by atoms with E-state index < -0.39 is 12.4 Å². The van der Waals surface area contributed by atoms with E-state index in [1.807, 2.05) is 7.05 Å². The molecule has 0 aliphatic carbocycles. The van der Waals surface area contributed by atoms with Gasteiger partial charge in [-0.15, -0.1) is 0 Å². The summed E-state index contributed by atoms with van der Waals surface area (Å²) in [6.45, 7) is -4.00. The predicted octanol–water partition coefficient (Wildman–Crippen LogP) is -1.09. The van der Waals surface area contributed by atoms with E-state index in [-0.39, 0.29) is 57.4 Å². The average molecular weight is 268 g/mol. The Morgan fingerprint density at radius 3 is 2.59 bits per heavy atom. The van der Waals surface area contributed by atoms with Crippen LogP contribution in [0.15, 0.2) is 18.5 Å². The molecule has 0 radical (unpaired) electrons. The molecule has 17 heavy (non-hydrogen) atoms. The van der Waals surface area contributed by atoms with Gasteiger partial charge in [0.15, 0.2) is 0 Å². The van der Waals surface area contributed by atoms with Gasteiger partial charge in [0.05, 0.1) is 0 Å². The van der Waals surface area contributed by atoms with Gasteiger partial charge in [-0.25, -0.2) is 0 Å². The molecular weight excluding hydrogens is 255 g/mol. The molecule has 0 unspecified atom stereocenters. The van der Waals surface area contributed by atoms with Crippen molar-refractivity contribution in [3.63, 3.8) is 0 Å². The molecule has 1 aliphatic heterocycles. The zero-order valence-electron chi connectivity index (χ0n) is 10.0.